The fourth-order valence-corrected chi connectivity index (χ4v) is 8.83. The SMILES string of the molecule is CC1=Cc2c(cccc2C2C3=C([SiH](C)C)C4CC(C3)CC2C4)C1. The van der Waals surface area contributed by atoms with E-state index in [1.54, 1.807) is 22.3 Å². The van der Waals surface area contributed by atoms with Crippen LogP contribution in [0.5, 0.6) is 0 Å². The first kappa shape index (κ1) is 14.3. The minimum atomic E-state index is -0.672. The van der Waals surface area contributed by atoms with E-state index in [2.05, 4.69) is 44.3 Å². The van der Waals surface area contributed by atoms with Gasteiger partial charge in [-0.3, -0.25) is 0 Å². The van der Waals surface area contributed by atoms with Crippen LogP contribution in [0.3, 0.4) is 0 Å². The van der Waals surface area contributed by atoms with Crippen LogP contribution in [0.4, 0.5) is 0 Å². The summed E-state index contributed by atoms with van der Waals surface area (Å²) in [5.74, 6) is 3.72. The third-order valence-electron chi connectivity index (χ3n) is 7.05. The van der Waals surface area contributed by atoms with Crippen molar-refractivity contribution in [3.8, 4) is 0 Å². The van der Waals surface area contributed by atoms with Gasteiger partial charge in [0.2, 0.25) is 0 Å². The Balaban J connectivity index is 1.68. The molecule has 4 unspecified atom stereocenters. The Morgan fingerprint density at radius 1 is 1.09 bits per heavy atom. The van der Waals surface area contributed by atoms with Crippen LogP contribution in [-0.2, 0) is 6.42 Å². The predicted octanol–water partition coefficient (Wildman–Crippen LogP) is 5.50. The summed E-state index contributed by atoms with van der Waals surface area (Å²) in [5.41, 5.74) is 8.34. The molecule has 0 amide bonds. The van der Waals surface area contributed by atoms with Crippen LogP contribution in [0.15, 0.2) is 34.5 Å². The molecule has 5 aliphatic carbocycles. The number of hydrogen-bond acceptors (Lipinski definition) is 0. The number of hydrogen-bond donors (Lipinski definition) is 0. The first-order chi connectivity index (χ1) is 11.1. The lowest BCUT2D eigenvalue weighted by atomic mass is 9.55. The third kappa shape index (κ3) is 2.02. The Hall–Kier alpha value is -1.08. The Morgan fingerprint density at radius 3 is 2.78 bits per heavy atom. The molecule has 0 aromatic heterocycles. The summed E-state index contributed by atoms with van der Waals surface area (Å²) in [6.45, 7) is 7.44. The molecule has 0 spiro atoms. The maximum Gasteiger partial charge on any atom is 0.0599 e. The monoisotopic (exact) mass is 320 g/mol. The van der Waals surface area contributed by atoms with E-state index in [-0.39, 0.29) is 0 Å². The molecule has 0 radical (unpaired) electrons. The van der Waals surface area contributed by atoms with Gasteiger partial charge in [-0.05, 0) is 73.5 Å². The van der Waals surface area contributed by atoms with Gasteiger partial charge in [0.25, 0.3) is 0 Å². The van der Waals surface area contributed by atoms with Gasteiger partial charge in [-0.25, -0.2) is 0 Å². The molecule has 0 saturated heterocycles. The van der Waals surface area contributed by atoms with E-state index in [9.17, 15) is 0 Å². The molecular formula is C22H28Si. The van der Waals surface area contributed by atoms with Crippen LogP contribution in [0.1, 0.15) is 55.2 Å². The average molecular weight is 321 g/mol. The fraction of sp³-hybridized carbons (Fsp3) is 0.545. The van der Waals surface area contributed by atoms with Crippen molar-refractivity contribution in [1.29, 1.82) is 0 Å². The van der Waals surface area contributed by atoms with Crippen molar-refractivity contribution in [3.05, 3.63) is 51.2 Å². The van der Waals surface area contributed by atoms with Crippen LogP contribution in [-0.4, -0.2) is 8.80 Å². The highest BCUT2D eigenvalue weighted by Gasteiger charge is 2.48. The summed E-state index contributed by atoms with van der Waals surface area (Å²) in [7, 11) is -0.672. The van der Waals surface area contributed by atoms with Crippen LogP contribution in [0, 0.1) is 17.8 Å². The molecule has 0 heterocycles. The minimum Gasteiger partial charge on any atom is -0.0817 e. The molecule has 5 aliphatic rings. The van der Waals surface area contributed by atoms with Crippen molar-refractivity contribution in [1.82, 2.24) is 0 Å². The number of rotatable bonds is 2. The standard InChI is InChI=1S/C22H28Si/c1-13-7-15-5-4-6-18(19(15)8-13)21-16-9-14-10-17(12-16)22(23(2)3)20(21)11-14/h4-6,8,14,16-17,21,23H,7,9-12H2,1-3H3. The lowest BCUT2D eigenvalue weighted by Crippen LogP contribution is -2.42. The first-order valence-corrected chi connectivity index (χ1v) is 12.5. The fourth-order valence-electron chi connectivity index (χ4n) is 6.58. The zero-order valence-corrected chi connectivity index (χ0v) is 15.9. The molecule has 4 bridgehead atoms. The highest BCUT2D eigenvalue weighted by Crippen LogP contribution is 2.60. The summed E-state index contributed by atoms with van der Waals surface area (Å²) in [4.78, 5) is 0. The molecule has 1 heteroatoms. The topological polar surface area (TPSA) is 0 Å². The van der Waals surface area contributed by atoms with Crippen LogP contribution in [0.25, 0.3) is 6.08 Å². The summed E-state index contributed by atoms with van der Waals surface area (Å²) in [5, 5.41) is 2.00. The second-order valence-corrected chi connectivity index (χ2v) is 11.9. The number of allylic oxidation sites excluding steroid dienone is 3. The van der Waals surface area contributed by atoms with E-state index in [4.69, 9.17) is 0 Å². The summed E-state index contributed by atoms with van der Waals surface area (Å²) >= 11 is 0. The van der Waals surface area contributed by atoms with Crippen molar-refractivity contribution in [3.63, 3.8) is 0 Å². The summed E-state index contributed by atoms with van der Waals surface area (Å²) in [6, 6.07) is 7.15. The minimum absolute atomic E-state index is 0.672. The molecule has 0 aliphatic heterocycles. The largest absolute Gasteiger partial charge is 0.0817 e. The Kier molecular flexibility index (Phi) is 3.08. The Bertz CT molecular complexity index is 736. The smallest absolute Gasteiger partial charge is 0.0599 e. The van der Waals surface area contributed by atoms with Crippen LogP contribution >= 0.6 is 0 Å². The van der Waals surface area contributed by atoms with Crippen molar-refractivity contribution >= 4 is 14.9 Å². The first-order valence-electron chi connectivity index (χ1n) is 9.63. The second kappa shape index (κ2) is 4.96. The van der Waals surface area contributed by atoms with Gasteiger partial charge < -0.3 is 0 Å². The molecular weight excluding hydrogens is 292 g/mol. The number of benzene rings is 1. The van der Waals surface area contributed by atoms with Gasteiger partial charge in [-0.1, -0.05) is 53.7 Å². The third-order valence-corrected chi connectivity index (χ3v) is 9.14. The van der Waals surface area contributed by atoms with E-state index < -0.39 is 8.80 Å². The summed E-state index contributed by atoms with van der Waals surface area (Å²) < 4.78 is 0. The van der Waals surface area contributed by atoms with E-state index in [1.807, 2.05) is 10.8 Å². The molecule has 23 heavy (non-hydrogen) atoms. The van der Waals surface area contributed by atoms with Crippen molar-refractivity contribution in [2.24, 2.45) is 17.8 Å². The van der Waals surface area contributed by atoms with E-state index >= 15 is 0 Å². The predicted molar refractivity (Wildman–Crippen MR) is 101 cm³/mol. The lowest BCUT2D eigenvalue weighted by Gasteiger charge is -2.53. The van der Waals surface area contributed by atoms with Gasteiger partial charge in [0.1, 0.15) is 0 Å². The molecule has 0 nitrogen and oxygen atoms in total. The maximum atomic E-state index is 2.57. The Morgan fingerprint density at radius 2 is 1.96 bits per heavy atom. The molecule has 1 aromatic rings. The molecule has 2 fully saturated rings. The van der Waals surface area contributed by atoms with Gasteiger partial charge in [-0.2, -0.15) is 0 Å². The molecule has 2 saturated carbocycles. The molecule has 120 valence electrons. The van der Waals surface area contributed by atoms with Gasteiger partial charge >= 0.3 is 0 Å². The van der Waals surface area contributed by atoms with Crippen molar-refractivity contribution in [2.45, 2.75) is 58.0 Å². The molecule has 6 rings (SSSR count). The number of fused-ring (bicyclic) bond motifs is 1. The maximum absolute atomic E-state index is 2.57. The van der Waals surface area contributed by atoms with Crippen LogP contribution in [0.2, 0.25) is 13.1 Å². The summed E-state index contributed by atoms with van der Waals surface area (Å²) in [6.07, 6.45) is 9.63. The normalized spacial score (nSPS) is 34.3. The lowest BCUT2D eigenvalue weighted by molar-refractivity contribution is 0.143. The van der Waals surface area contributed by atoms with E-state index in [1.165, 1.54) is 32.1 Å². The van der Waals surface area contributed by atoms with Gasteiger partial charge in [0, 0.05) is 5.92 Å². The van der Waals surface area contributed by atoms with Crippen molar-refractivity contribution < 1.29 is 0 Å². The molecule has 0 N–H and O–H groups in total. The Labute approximate surface area is 142 Å². The highest BCUT2D eigenvalue weighted by molar-refractivity contribution is 6.64. The highest BCUT2D eigenvalue weighted by atomic mass is 28.3. The zero-order valence-electron chi connectivity index (χ0n) is 14.7. The van der Waals surface area contributed by atoms with Gasteiger partial charge in [0.05, 0.1) is 8.80 Å². The van der Waals surface area contributed by atoms with Gasteiger partial charge in [0.15, 0.2) is 0 Å². The zero-order chi connectivity index (χ0) is 15.7. The van der Waals surface area contributed by atoms with Crippen LogP contribution < -0.4 is 0 Å². The van der Waals surface area contributed by atoms with Gasteiger partial charge in [-0.15, -0.1) is 0 Å². The second-order valence-electron chi connectivity index (χ2n) is 8.93. The molecule has 4 atom stereocenters. The van der Waals surface area contributed by atoms with E-state index in [0.29, 0.717) is 0 Å². The molecule has 1 aromatic carbocycles. The average Bonchev–Trinajstić information content (AvgIpc) is 2.87. The van der Waals surface area contributed by atoms with E-state index in [0.717, 1.165) is 23.7 Å². The quantitative estimate of drug-likeness (QED) is 0.631. The van der Waals surface area contributed by atoms with Crippen molar-refractivity contribution in [2.75, 3.05) is 0 Å².